The van der Waals surface area contributed by atoms with E-state index in [-0.39, 0.29) is 6.04 Å². The summed E-state index contributed by atoms with van der Waals surface area (Å²) in [5.74, 6) is 0. The van der Waals surface area contributed by atoms with E-state index in [0.29, 0.717) is 0 Å². The van der Waals surface area contributed by atoms with E-state index in [1.54, 1.807) is 11.3 Å². The lowest BCUT2D eigenvalue weighted by atomic mass is 10.1. The molecule has 18 heavy (non-hydrogen) atoms. The summed E-state index contributed by atoms with van der Waals surface area (Å²) in [5, 5.41) is 4.27. The summed E-state index contributed by atoms with van der Waals surface area (Å²) in [5.41, 5.74) is 1.21. The van der Waals surface area contributed by atoms with Crippen molar-refractivity contribution in [3.05, 3.63) is 54.1 Å². The van der Waals surface area contributed by atoms with Crippen molar-refractivity contribution in [1.82, 2.24) is 5.32 Å². The molecule has 0 amide bonds. The highest BCUT2D eigenvalue weighted by Crippen LogP contribution is 2.32. The van der Waals surface area contributed by atoms with E-state index in [4.69, 9.17) is 11.6 Å². The van der Waals surface area contributed by atoms with Gasteiger partial charge in [-0.15, -0.1) is 11.3 Å². The van der Waals surface area contributed by atoms with Gasteiger partial charge in [-0.25, -0.2) is 0 Å². The van der Waals surface area contributed by atoms with Gasteiger partial charge in [0.2, 0.25) is 0 Å². The van der Waals surface area contributed by atoms with Gasteiger partial charge in [-0.1, -0.05) is 23.7 Å². The van der Waals surface area contributed by atoms with E-state index < -0.39 is 0 Å². The Morgan fingerprint density at radius 3 is 2.72 bits per heavy atom. The summed E-state index contributed by atoms with van der Waals surface area (Å²) in [7, 11) is 0. The molecule has 1 aromatic carbocycles. The molecule has 0 saturated carbocycles. The zero-order valence-electron chi connectivity index (χ0n) is 9.71. The summed E-state index contributed by atoms with van der Waals surface area (Å²) < 4.78 is 2.24. The first-order valence-electron chi connectivity index (χ1n) is 5.49. The van der Waals surface area contributed by atoms with Crippen LogP contribution in [0.2, 0.25) is 5.02 Å². The fourth-order valence-electron chi connectivity index (χ4n) is 1.63. The highest BCUT2D eigenvalue weighted by Gasteiger charge is 2.08. The molecule has 0 radical (unpaired) electrons. The second-order valence-electron chi connectivity index (χ2n) is 3.99. The topological polar surface area (TPSA) is 12.0 Å². The molecule has 96 valence electrons. The Kier molecular flexibility index (Phi) is 5.27. The van der Waals surface area contributed by atoms with Crippen LogP contribution in [0.1, 0.15) is 23.4 Å². The molecule has 0 unspecified atom stereocenters. The van der Waals surface area contributed by atoms with Crippen molar-refractivity contribution in [2.45, 2.75) is 19.5 Å². The normalized spacial score (nSPS) is 12.7. The van der Waals surface area contributed by atoms with Gasteiger partial charge >= 0.3 is 0 Å². The molecule has 1 aromatic heterocycles. The van der Waals surface area contributed by atoms with Crippen LogP contribution < -0.4 is 5.32 Å². The van der Waals surface area contributed by atoms with Crippen molar-refractivity contribution in [3.8, 4) is 0 Å². The van der Waals surface area contributed by atoms with Gasteiger partial charge in [-0.05, 0) is 62.5 Å². The van der Waals surface area contributed by atoms with Gasteiger partial charge in [0.05, 0.1) is 3.79 Å². The molecule has 0 aliphatic carbocycles. The molecule has 0 aliphatic rings. The molecule has 1 N–H and O–H groups in total. The van der Waals surface area contributed by atoms with E-state index in [1.165, 1.54) is 10.4 Å². The van der Waals surface area contributed by atoms with E-state index >= 15 is 0 Å². The molecule has 0 aliphatic heterocycles. The van der Waals surface area contributed by atoms with Crippen molar-refractivity contribution in [2.24, 2.45) is 0 Å². The van der Waals surface area contributed by atoms with E-state index in [1.807, 2.05) is 18.2 Å². The maximum absolute atomic E-state index is 5.99. The summed E-state index contributed by atoms with van der Waals surface area (Å²) in [4.78, 5) is 1.29. The minimum Gasteiger partial charge on any atom is -0.305 e. The average Bonchev–Trinajstić information content (AvgIpc) is 2.66. The van der Waals surface area contributed by atoms with Crippen LogP contribution in [-0.4, -0.2) is 0 Å². The first-order chi connectivity index (χ1) is 8.56. The van der Waals surface area contributed by atoms with Crippen LogP contribution in [0.5, 0.6) is 0 Å². The third-order valence-electron chi connectivity index (χ3n) is 2.63. The van der Waals surface area contributed by atoms with Crippen molar-refractivity contribution < 1.29 is 0 Å². The van der Waals surface area contributed by atoms with Gasteiger partial charge in [0, 0.05) is 27.0 Å². The number of rotatable bonds is 4. The highest BCUT2D eigenvalue weighted by molar-refractivity contribution is 9.13. The standard InChI is InChI=1S/C13H12Br2ClNS/c1-8(9-3-2-4-10(16)5-9)17-7-11-6-12(14)13(15)18-11/h2-6,8,17H,7H2,1H3/t8-/m0/s1. The van der Waals surface area contributed by atoms with E-state index in [2.05, 4.69) is 56.2 Å². The highest BCUT2D eigenvalue weighted by atomic mass is 79.9. The first-order valence-corrected chi connectivity index (χ1v) is 8.27. The van der Waals surface area contributed by atoms with Crippen molar-refractivity contribution in [1.29, 1.82) is 0 Å². The van der Waals surface area contributed by atoms with Crippen molar-refractivity contribution in [3.63, 3.8) is 0 Å². The second kappa shape index (κ2) is 6.53. The Morgan fingerprint density at radius 2 is 2.11 bits per heavy atom. The maximum atomic E-state index is 5.99. The fourth-order valence-corrected chi connectivity index (χ4v) is 3.95. The third kappa shape index (κ3) is 3.81. The van der Waals surface area contributed by atoms with E-state index in [9.17, 15) is 0 Å². The zero-order chi connectivity index (χ0) is 13.1. The molecule has 2 rings (SSSR count). The van der Waals surface area contributed by atoms with Crippen LogP contribution in [0.3, 0.4) is 0 Å². The predicted molar refractivity (Wildman–Crippen MR) is 86.4 cm³/mol. The lowest BCUT2D eigenvalue weighted by molar-refractivity contribution is 0.579. The molecule has 1 nitrogen and oxygen atoms in total. The molecule has 0 spiro atoms. The summed E-state index contributed by atoms with van der Waals surface area (Å²) >= 11 is 14.7. The summed E-state index contributed by atoms with van der Waals surface area (Å²) in [6.07, 6.45) is 0. The Morgan fingerprint density at radius 1 is 1.33 bits per heavy atom. The van der Waals surface area contributed by atoms with Crippen LogP contribution in [0.4, 0.5) is 0 Å². The van der Waals surface area contributed by atoms with Crippen LogP contribution in [0.25, 0.3) is 0 Å². The average molecular weight is 410 g/mol. The molecule has 5 heteroatoms. The van der Waals surface area contributed by atoms with E-state index in [0.717, 1.165) is 19.8 Å². The number of halogens is 3. The smallest absolute Gasteiger partial charge is 0.0843 e. The Labute approximate surface area is 133 Å². The number of nitrogens with one attached hydrogen (secondary N) is 1. The fraction of sp³-hybridized carbons (Fsp3) is 0.231. The molecule has 0 saturated heterocycles. The first kappa shape index (κ1) is 14.5. The molecule has 1 heterocycles. The van der Waals surface area contributed by atoms with Crippen LogP contribution in [0.15, 0.2) is 38.6 Å². The number of hydrogen-bond donors (Lipinski definition) is 1. The molecule has 1 atom stereocenters. The van der Waals surface area contributed by atoms with Crippen LogP contribution >= 0.6 is 54.8 Å². The predicted octanol–water partition coefficient (Wildman–Crippen LogP) is 5.78. The van der Waals surface area contributed by atoms with Gasteiger partial charge in [0.1, 0.15) is 0 Å². The molecular formula is C13H12Br2ClNS. The Bertz CT molecular complexity index is 522. The monoisotopic (exact) mass is 407 g/mol. The van der Waals surface area contributed by atoms with Gasteiger partial charge in [0.25, 0.3) is 0 Å². The molecule has 0 bridgehead atoms. The molecule has 0 fully saturated rings. The SMILES string of the molecule is C[C@H](NCc1cc(Br)c(Br)s1)c1cccc(Cl)c1. The number of benzene rings is 1. The quantitative estimate of drug-likeness (QED) is 0.675. The van der Waals surface area contributed by atoms with Crippen molar-refractivity contribution >= 4 is 54.8 Å². The maximum Gasteiger partial charge on any atom is 0.0843 e. The lowest BCUT2D eigenvalue weighted by Gasteiger charge is -2.13. The summed E-state index contributed by atoms with van der Waals surface area (Å²) in [6.45, 7) is 2.99. The largest absolute Gasteiger partial charge is 0.305 e. The van der Waals surface area contributed by atoms with Gasteiger partial charge in [-0.3, -0.25) is 0 Å². The minimum atomic E-state index is 0.281. The third-order valence-corrected chi connectivity index (χ3v) is 6.12. The van der Waals surface area contributed by atoms with Gasteiger partial charge in [-0.2, -0.15) is 0 Å². The minimum absolute atomic E-state index is 0.281. The van der Waals surface area contributed by atoms with Crippen molar-refractivity contribution in [2.75, 3.05) is 0 Å². The zero-order valence-corrected chi connectivity index (χ0v) is 14.5. The molecular weight excluding hydrogens is 397 g/mol. The number of hydrogen-bond acceptors (Lipinski definition) is 2. The Hall–Kier alpha value is 0.130. The summed E-state index contributed by atoms with van der Waals surface area (Å²) in [6, 6.07) is 10.4. The Balaban J connectivity index is 1.98. The lowest BCUT2D eigenvalue weighted by Crippen LogP contribution is -2.17. The van der Waals surface area contributed by atoms with Gasteiger partial charge in [0.15, 0.2) is 0 Å². The molecule has 2 aromatic rings. The van der Waals surface area contributed by atoms with Crippen LogP contribution in [-0.2, 0) is 6.54 Å². The van der Waals surface area contributed by atoms with Gasteiger partial charge < -0.3 is 5.32 Å². The second-order valence-corrected chi connectivity index (χ2v) is 7.74. The number of thiophene rings is 1. The van der Waals surface area contributed by atoms with Crippen LogP contribution in [0, 0.1) is 0 Å².